The normalized spacial score (nSPS) is 18.0. The van der Waals surface area contributed by atoms with Gasteiger partial charge in [-0.3, -0.25) is 0 Å². The maximum Gasteiger partial charge on any atom is 0.125 e. The molecule has 2 rings (SSSR count). The lowest BCUT2D eigenvalue weighted by Crippen LogP contribution is -2.27. The maximum atomic E-state index is 4.63. The minimum Gasteiger partial charge on any atom is -0.317 e. The van der Waals surface area contributed by atoms with Gasteiger partial charge in [0.05, 0.1) is 5.69 Å². The van der Waals surface area contributed by atoms with Crippen molar-refractivity contribution in [2.45, 2.75) is 39.0 Å². The van der Waals surface area contributed by atoms with E-state index in [1.165, 1.54) is 24.1 Å². The van der Waals surface area contributed by atoms with Gasteiger partial charge in [0, 0.05) is 12.1 Å². The molecule has 2 heterocycles. The second-order valence-electron chi connectivity index (χ2n) is 4.21. The number of nitrogens with one attached hydrogen (secondary N) is 1. The lowest BCUT2D eigenvalue weighted by Gasteiger charge is -2.23. The summed E-state index contributed by atoms with van der Waals surface area (Å²) in [6.07, 6.45) is 5.46. The summed E-state index contributed by atoms with van der Waals surface area (Å²) in [7, 11) is 0. The molecule has 1 aromatic heterocycles. The van der Waals surface area contributed by atoms with Gasteiger partial charge in [0.25, 0.3) is 0 Å². The molecule has 0 atom stereocenters. The molecular weight excluding hydrogens is 186 g/mol. The molecule has 1 aliphatic heterocycles. The zero-order valence-electron chi connectivity index (χ0n) is 9.58. The fourth-order valence-electron chi connectivity index (χ4n) is 2.23. The van der Waals surface area contributed by atoms with Crippen molar-refractivity contribution >= 4 is 0 Å². The van der Waals surface area contributed by atoms with Gasteiger partial charge in [0.15, 0.2) is 0 Å². The maximum absolute atomic E-state index is 4.63. The Balaban J connectivity index is 2.27. The molecule has 0 aromatic carbocycles. The predicted octanol–water partition coefficient (Wildman–Crippen LogP) is 1.81. The van der Waals surface area contributed by atoms with Gasteiger partial charge in [-0.2, -0.15) is 0 Å². The van der Waals surface area contributed by atoms with Gasteiger partial charge < -0.3 is 5.32 Å². The number of rotatable bonds is 2. The van der Waals surface area contributed by atoms with Gasteiger partial charge in [0.1, 0.15) is 5.82 Å². The highest BCUT2D eigenvalue weighted by Gasteiger charge is 2.19. The van der Waals surface area contributed by atoms with E-state index in [1.807, 2.05) is 13.1 Å². The van der Waals surface area contributed by atoms with Crippen LogP contribution in [0.3, 0.4) is 0 Å². The first kappa shape index (κ1) is 10.6. The van der Waals surface area contributed by atoms with E-state index in [9.17, 15) is 0 Å². The van der Waals surface area contributed by atoms with Crippen molar-refractivity contribution in [1.29, 1.82) is 0 Å². The van der Waals surface area contributed by atoms with Crippen LogP contribution in [0, 0.1) is 6.92 Å². The third kappa shape index (κ3) is 2.34. The second kappa shape index (κ2) is 4.71. The standard InChI is InChI=1S/C12H19N3/c1-3-10-8-14-9(2)15-12(10)11-4-6-13-7-5-11/h8,11,13H,3-7H2,1-2H3. The van der Waals surface area contributed by atoms with Crippen LogP contribution in [0.15, 0.2) is 6.20 Å². The second-order valence-corrected chi connectivity index (χ2v) is 4.21. The monoisotopic (exact) mass is 205 g/mol. The minimum absolute atomic E-state index is 0.642. The molecule has 0 bridgehead atoms. The zero-order chi connectivity index (χ0) is 10.7. The van der Waals surface area contributed by atoms with Crippen LogP contribution in [0.4, 0.5) is 0 Å². The van der Waals surface area contributed by atoms with Crippen molar-refractivity contribution in [2.75, 3.05) is 13.1 Å². The molecule has 15 heavy (non-hydrogen) atoms. The molecule has 0 saturated carbocycles. The van der Waals surface area contributed by atoms with Gasteiger partial charge in [0.2, 0.25) is 0 Å². The highest BCUT2D eigenvalue weighted by atomic mass is 14.9. The van der Waals surface area contributed by atoms with E-state index in [2.05, 4.69) is 22.2 Å². The van der Waals surface area contributed by atoms with Crippen molar-refractivity contribution in [3.63, 3.8) is 0 Å². The van der Waals surface area contributed by atoms with E-state index in [1.54, 1.807) is 0 Å². The summed E-state index contributed by atoms with van der Waals surface area (Å²) in [5.74, 6) is 1.55. The molecule has 0 unspecified atom stereocenters. The topological polar surface area (TPSA) is 37.8 Å². The number of piperidine rings is 1. The third-order valence-electron chi connectivity index (χ3n) is 3.13. The van der Waals surface area contributed by atoms with E-state index >= 15 is 0 Å². The van der Waals surface area contributed by atoms with Crippen LogP contribution in [0.25, 0.3) is 0 Å². The average Bonchev–Trinajstić information content (AvgIpc) is 2.30. The molecule has 0 spiro atoms. The Morgan fingerprint density at radius 3 is 2.80 bits per heavy atom. The van der Waals surface area contributed by atoms with Crippen LogP contribution in [0.2, 0.25) is 0 Å². The summed E-state index contributed by atoms with van der Waals surface area (Å²) >= 11 is 0. The average molecular weight is 205 g/mol. The summed E-state index contributed by atoms with van der Waals surface area (Å²) in [6.45, 7) is 6.40. The summed E-state index contributed by atoms with van der Waals surface area (Å²) in [5.41, 5.74) is 2.62. The molecule has 1 saturated heterocycles. The van der Waals surface area contributed by atoms with E-state index in [0.717, 1.165) is 25.3 Å². The number of nitrogens with zero attached hydrogens (tertiary/aromatic N) is 2. The van der Waals surface area contributed by atoms with Gasteiger partial charge >= 0.3 is 0 Å². The molecule has 1 aromatic rings. The fourth-order valence-corrected chi connectivity index (χ4v) is 2.23. The Labute approximate surface area is 91.3 Å². The lowest BCUT2D eigenvalue weighted by atomic mass is 9.91. The Kier molecular flexibility index (Phi) is 3.31. The lowest BCUT2D eigenvalue weighted by molar-refractivity contribution is 0.449. The number of hydrogen-bond acceptors (Lipinski definition) is 3. The quantitative estimate of drug-likeness (QED) is 0.800. The van der Waals surface area contributed by atoms with E-state index < -0.39 is 0 Å². The van der Waals surface area contributed by atoms with Gasteiger partial charge in [-0.25, -0.2) is 9.97 Å². The molecule has 0 aliphatic carbocycles. The SMILES string of the molecule is CCc1cnc(C)nc1C1CCNCC1. The molecule has 1 fully saturated rings. The minimum atomic E-state index is 0.642. The summed E-state index contributed by atoms with van der Waals surface area (Å²) in [5, 5.41) is 3.39. The molecule has 3 heteroatoms. The number of hydrogen-bond donors (Lipinski definition) is 1. The van der Waals surface area contributed by atoms with Crippen molar-refractivity contribution in [3.05, 3.63) is 23.3 Å². The molecule has 0 radical (unpaired) electrons. The first-order chi connectivity index (χ1) is 7.31. The summed E-state index contributed by atoms with van der Waals surface area (Å²) < 4.78 is 0. The first-order valence-electron chi connectivity index (χ1n) is 5.84. The summed E-state index contributed by atoms with van der Waals surface area (Å²) in [4.78, 5) is 8.91. The van der Waals surface area contributed by atoms with Gasteiger partial charge in [-0.05, 0) is 44.8 Å². The summed E-state index contributed by atoms with van der Waals surface area (Å²) in [6, 6.07) is 0. The fraction of sp³-hybridized carbons (Fsp3) is 0.667. The molecule has 0 amide bonds. The molecule has 1 N–H and O–H groups in total. The van der Waals surface area contributed by atoms with E-state index in [-0.39, 0.29) is 0 Å². The zero-order valence-corrected chi connectivity index (χ0v) is 9.58. The van der Waals surface area contributed by atoms with Crippen LogP contribution in [-0.4, -0.2) is 23.1 Å². The largest absolute Gasteiger partial charge is 0.317 e. The Hall–Kier alpha value is -0.960. The van der Waals surface area contributed by atoms with Crippen LogP contribution >= 0.6 is 0 Å². The van der Waals surface area contributed by atoms with E-state index in [0.29, 0.717) is 5.92 Å². The van der Waals surface area contributed by atoms with Crippen molar-refractivity contribution in [3.8, 4) is 0 Å². The molecular formula is C12H19N3. The third-order valence-corrected chi connectivity index (χ3v) is 3.13. The predicted molar refractivity (Wildman–Crippen MR) is 61.0 cm³/mol. The van der Waals surface area contributed by atoms with E-state index in [4.69, 9.17) is 0 Å². The molecule has 1 aliphatic rings. The van der Waals surface area contributed by atoms with Crippen molar-refractivity contribution in [1.82, 2.24) is 15.3 Å². The van der Waals surface area contributed by atoms with Crippen molar-refractivity contribution in [2.24, 2.45) is 0 Å². The van der Waals surface area contributed by atoms with Crippen molar-refractivity contribution < 1.29 is 0 Å². The van der Waals surface area contributed by atoms with Gasteiger partial charge in [-0.15, -0.1) is 0 Å². The smallest absolute Gasteiger partial charge is 0.125 e. The molecule has 3 nitrogen and oxygen atoms in total. The van der Waals surface area contributed by atoms with Crippen LogP contribution < -0.4 is 5.32 Å². The Morgan fingerprint density at radius 2 is 2.13 bits per heavy atom. The number of aryl methyl sites for hydroxylation is 2. The number of aromatic nitrogens is 2. The van der Waals surface area contributed by atoms with Crippen LogP contribution in [0.5, 0.6) is 0 Å². The Bertz CT molecular complexity index is 330. The highest BCUT2D eigenvalue weighted by Crippen LogP contribution is 2.26. The van der Waals surface area contributed by atoms with Gasteiger partial charge in [-0.1, -0.05) is 6.92 Å². The Morgan fingerprint density at radius 1 is 1.40 bits per heavy atom. The van der Waals surface area contributed by atoms with Crippen LogP contribution in [0.1, 0.15) is 42.8 Å². The first-order valence-corrected chi connectivity index (χ1v) is 5.84. The highest BCUT2D eigenvalue weighted by molar-refractivity contribution is 5.22. The van der Waals surface area contributed by atoms with Crippen LogP contribution in [-0.2, 0) is 6.42 Å². The molecule has 82 valence electrons.